The molecule has 0 spiro atoms. The van der Waals surface area contributed by atoms with E-state index in [0.29, 0.717) is 45.3 Å². The number of rotatable bonds is 4. The molecule has 120 valence electrons. The number of carbonyl (C=O) groups excluding carboxylic acids is 1. The molecule has 3 rings (SSSR count). The average molecular weight is 307 g/mol. The van der Waals surface area contributed by atoms with Crippen molar-refractivity contribution in [2.45, 2.75) is 44.2 Å². The van der Waals surface area contributed by atoms with E-state index in [4.69, 9.17) is 4.74 Å². The predicted molar refractivity (Wildman–Crippen MR) is 79.8 cm³/mol. The zero-order valence-corrected chi connectivity index (χ0v) is 12.6. The van der Waals surface area contributed by atoms with Crippen molar-refractivity contribution in [3.63, 3.8) is 0 Å². The number of nitrogens with one attached hydrogen (secondary N) is 1. The van der Waals surface area contributed by atoms with E-state index in [2.05, 4.69) is 5.32 Å². The zero-order chi connectivity index (χ0) is 15.6. The predicted octanol–water partition coefficient (Wildman–Crippen LogP) is 1.80. The maximum absolute atomic E-state index is 13.4. The van der Waals surface area contributed by atoms with Gasteiger partial charge in [-0.2, -0.15) is 0 Å². The van der Waals surface area contributed by atoms with Gasteiger partial charge in [-0.15, -0.1) is 0 Å². The number of hydrogen-bond acceptors (Lipinski definition) is 3. The second-order valence-corrected chi connectivity index (χ2v) is 6.50. The minimum atomic E-state index is -0.535. The fourth-order valence-electron chi connectivity index (χ4n) is 3.33. The molecule has 0 aromatic heterocycles. The first-order chi connectivity index (χ1) is 10.6. The maximum Gasteiger partial charge on any atom is 0.226 e. The number of carbonyl (C=O) groups is 1. The highest BCUT2D eigenvalue weighted by atomic mass is 19.1. The highest BCUT2D eigenvalue weighted by Crippen LogP contribution is 2.36. The van der Waals surface area contributed by atoms with Crippen LogP contribution in [0.2, 0.25) is 0 Å². The summed E-state index contributed by atoms with van der Waals surface area (Å²) in [6, 6.07) is 6.52. The van der Waals surface area contributed by atoms with Gasteiger partial charge in [0, 0.05) is 19.3 Å². The van der Waals surface area contributed by atoms with E-state index in [9.17, 15) is 14.3 Å². The fourth-order valence-corrected chi connectivity index (χ4v) is 3.33. The molecule has 1 aliphatic carbocycles. The summed E-state index contributed by atoms with van der Waals surface area (Å²) in [6.45, 7) is 1.10. The van der Waals surface area contributed by atoms with Crippen molar-refractivity contribution in [2.24, 2.45) is 5.41 Å². The lowest BCUT2D eigenvalue weighted by Crippen LogP contribution is -2.53. The number of ether oxygens (including phenoxy) is 1. The Morgan fingerprint density at radius 3 is 2.73 bits per heavy atom. The summed E-state index contributed by atoms with van der Waals surface area (Å²) in [4.78, 5) is 12.8. The molecule has 2 N–H and O–H groups in total. The summed E-state index contributed by atoms with van der Waals surface area (Å²) in [7, 11) is 0. The van der Waals surface area contributed by atoms with E-state index in [1.54, 1.807) is 6.07 Å². The van der Waals surface area contributed by atoms with E-state index in [-0.39, 0.29) is 23.9 Å². The van der Waals surface area contributed by atoms with Crippen molar-refractivity contribution in [2.75, 3.05) is 13.2 Å². The van der Waals surface area contributed by atoms with Crippen LogP contribution in [0.15, 0.2) is 24.3 Å². The molecular formula is C17H22FNO3. The van der Waals surface area contributed by atoms with Gasteiger partial charge >= 0.3 is 0 Å². The molecule has 4 nitrogen and oxygen atoms in total. The number of amides is 1. The van der Waals surface area contributed by atoms with Crippen molar-refractivity contribution < 1.29 is 19.0 Å². The Kier molecular flexibility index (Phi) is 4.45. The number of benzene rings is 1. The smallest absolute Gasteiger partial charge is 0.226 e. The van der Waals surface area contributed by atoms with Gasteiger partial charge in [0.1, 0.15) is 5.82 Å². The Hall–Kier alpha value is -1.46. The van der Waals surface area contributed by atoms with Gasteiger partial charge in [0.2, 0.25) is 5.91 Å². The molecule has 0 atom stereocenters. The van der Waals surface area contributed by atoms with Gasteiger partial charge < -0.3 is 15.2 Å². The summed E-state index contributed by atoms with van der Waals surface area (Å²) in [5.74, 6) is -0.265. The fraction of sp³-hybridized carbons (Fsp3) is 0.588. The standard InChI is InChI=1S/C17H22FNO3/c18-13-3-1-2-12(8-13)11-17(4-6-22-7-5-17)16(21)19-14-9-15(20)10-14/h1-3,8,14-15,20H,4-7,9-11H2,(H,19,21). The van der Waals surface area contributed by atoms with Gasteiger partial charge in [0.25, 0.3) is 0 Å². The molecular weight excluding hydrogens is 285 g/mol. The monoisotopic (exact) mass is 307 g/mol. The summed E-state index contributed by atoms with van der Waals surface area (Å²) in [6.07, 6.45) is 2.76. The van der Waals surface area contributed by atoms with Crippen LogP contribution in [0, 0.1) is 11.2 Å². The zero-order valence-electron chi connectivity index (χ0n) is 12.6. The van der Waals surface area contributed by atoms with E-state index in [0.717, 1.165) is 5.56 Å². The van der Waals surface area contributed by atoms with Crippen LogP contribution in [-0.2, 0) is 16.0 Å². The summed E-state index contributed by atoms with van der Waals surface area (Å²) >= 11 is 0. The van der Waals surface area contributed by atoms with Gasteiger partial charge in [-0.1, -0.05) is 12.1 Å². The number of aliphatic hydroxyl groups excluding tert-OH is 1. The number of halogens is 1. The average Bonchev–Trinajstić information content (AvgIpc) is 2.46. The van der Waals surface area contributed by atoms with Crippen molar-refractivity contribution in [3.8, 4) is 0 Å². The summed E-state index contributed by atoms with van der Waals surface area (Å²) in [5.41, 5.74) is 0.303. The van der Waals surface area contributed by atoms with Crippen LogP contribution >= 0.6 is 0 Å². The number of aliphatic hydroxyl groups is 1. The van der Waals surface area contributed by atoms with Crippen LogP contribution in [-0.4, -0.2) is 36.4 Å². The van der Waals surface area contributed by atoms with Crippen molar-refractivity contribution in [1.82, 2.24) is 5.32 Å². The quantitative estimate of drug-likeness (QED) is 0.892. The van der Waals surface area contributed by atoms with Crippen molar-refractivity contribution in [3.05, 3.63) is 35.6 Å². The topological polar surface area (TPSA) is 58.6 Å². The first kappa shape index (κ1) is 15.4. The van der Waals surface area contributed by atoms with E-state index in [1.165, 1.54) is 12.1 Å². The lowest BCUT2D eigenvalue weighted by Gasteiger charge is -2.40. The molecule has 1 heterocycles. The lowest BCUT2D eigenvalue weighted by molar-refractivity contribution is -0.138. The van der Waals surface area contributed by atoms with E-state index in [1.807, 2.05) is 6.07 Å². The molecule has 1 aromatic carbocycles. The first-order valence-electron chi connectivity index (χ1n) is 7.89. The molecule has 1 saturated carbocycles. The Morgan fingerprint density at radius 2 is 2.09 bits per heavy atom. The molecule has 0 radical (unpaired) electrons. The van der Waals surface area contributed by atoms with Crippen molar-refractivity contribution in [1.29, 1.82) is 0 Å². The summed E-state index contributed by atoms with van der Waals surface area (Å²) < 4.78 is 18.8. The third kappa shape index (κ3) is 3.31. The van der Waals surface area contributed by atoms with E-state index >= 15 is 0 Å². The van der Waals surface area contributed by atoms with Crippen molar-refractivity contribution >= 4 is 5.91 Å². The third-order valence-electron chi connectivity index (χ3n) is 4.81. The number of hydrogen-bond donors (Lipinski definition) is 2. The molecule has 0 bridgehead atoms. The molecule has 2 aliphatic rings. The Bertz CT molecular complexity index is 536. The second kappa shape index (κ2) is 6.34. The minimum absolute atomic E-state index is 0.0111. The first-order valence-corrected chi connectivity index (χ1v) is 7.89. The second-order valence-electron chi connectivity index (χ2n) is 6.50. The Morgan fingerprint density at radius 1 is 1.36 bits per heavy atom. The van der Waals surface area contributed by atoms with Crippen LogP contribution in [0.1, 0.15) is 31.2 Å². The van der Waals surface area contributed by atoms with Crippen LogP contribution in [0.4, 0.5) is 4.39 Å². The van der Waals surface area contributed by atoms with Crippen LogP contribution in [0.3, 0.4) is 0 Å². The van der Waals surface area contributed by atoms with Gasteiger partial charge in [-0.05, 0) is 49.8 Å². The van der Waals surface area contributed by atoms with E-state index < -0.39 is 5.41 Å². The lowest BCUT2D eigenvalue weighted by atomic mass is 9.73. The SMILES string of the molecule is O=C(NC1CC(O)C1)C1(Cc2cccc(F)c2)CCOCC1. The van der Waals surface area contributed by atoms with Gasteiger partial charge in [0.05, 0.1) is 11.5 Å². The molecule has 5 heteroatoms. The molecule has 1 aliphatic heterocycles. The van der Waals surface area contributed by atoms with Crippen LogP contribution in [0.25, 0.3) is 0 Å². The molecule has 1 amide bonds. The van der Waals surface area contributed by atoms with Gasteiger partial charge in [-0.3, -0.25) is 4.79 Å². The minimum Gasteiger partial charge on any atom is -0.393 e. The van der Waals surface area contributed by atoms with Gasteiger partial charge in [-0.25, -0.2) is 4.39 Å². The molecule has 22 heavy (non-hydrogen) atoms. The Balaban J connectivity index is 1.73. The van der Waals surface area contributed by atoms with Gasteiger partial charge in [0.15, 0.2) is 0 Å². The largest absolute Gasteiger partial charge is 0.393 e. The highest BCUT2D eigenvalue weighted by Gasteiger charge is 2.42. The third-order valence-corrected chi connectivity index (χ3v) is 4.81. The summed E-state index contributed by atoms with van der Waals surface area (Å²) in [5, 5.41) is 12.4. The van der Waals surface area contributed by atoms with Crippen LogP contribution in [0.5, 0.6) is 0 Å². The van der Waals surface area contributed by atoms with Crippen LogP contribution < -0.4 is 5.32 Å². The maximum atomic E-state index is 13.4. The molecule has 2 fully saturated rings. The molecule has 1 aromatic rings. The Labute approximate surface area is 129 Å². The normalized spacial score (nSPS) is 27.0. The molecule has 0 unspecified atom stereocenters. The molecule has 1 saturated heterocycles. The highest BCUT2D eigenvalue weighted by molar-refractivity contribution is 5.83.